The van der Waals surface area contributed by atoms with Crippen LogP contribution in [0.3, 0.4) is 0 Å². The molecule has 0 fully saturated rings. The molecular weight excluding hydrogens is 545 g/mol. The number of aromatic nitrogens is 3. The second kappa shape index (κ2) is 7.97. The fourth-order valence-electron chi connectivity index (χ4n) is 3.42. The maximum atomic E-state index is 7.16. The third-order valence-electron chi connectivity index (χ3n) is 4.71. The molecule has 0 saturated heterocycles. The quantitative estimate of drug-likeness (QED) is 0.277. The summed E-state index contributed by atoms with van der Waals surface area (Å²) in [5.41, 5.74) is 6.67. The topological polar surface area (TPSA) is 35.1 Å². The Balaban J connectivity index is 0.00000225. The van der Waals surface area contributed by atoms with Gasteiger partial charge in [0, 0.05) is 38.2 Å². The van der Waals surface area contributed by atoms with Gasteiger partial charge >= 0.3 is 5.13 Å². The van der Waals surface area contributed by atoms with Crippen LogP contribution in [0.15, 0.2) is 36.7 Å². The van der Waals surface area contributed by atoms with E-state index in [1.54, 1.807) is 0 Å². The molecule has 0 N–H and O–H groups in total. The van der Waals surface area contributed by atoms with E-state index in [-0.39, 0.29) is 20.1 Å². The summed E-state index contributed by atoms with van der Waals surface area (Å²) in [6.45, 7) is 15.9. The van der Waals surface area contributed by atoms with E-state index in [0.29, 0.717) is 11.0 Å². The zero-order chi connectivity index (χ0) is 19.1. The number of fused-ring (bicyclic) bond motifs is 1. The summed E-state index contributed by atoms with van der Waals surface area (Å²) in [5, 5.41) is 0.454. The van der Waals surface area contributed by atoms with Gasteiger partial charge in [0.05, 0.1) is 11.3 Å². The molecule has 4 aromatic rings. The Bertz CT molecular complexity index is 1170. The van der Waals surface area contributed by atoms with Crippen molar-refractivity contribution in [1.82, 2.24) is 14.5 Å². The van der Waals surface area contributed by atoms with Gasteiger partial charge in [0.2, 0.25) is 0 Å². The molecule has 4 rings (SSSR count). The molecule has 0 aliphatic rings. The van der Waals surface area contributed by atoms with Gasteiger partial charge in [0.25, 0.3) is 0 Å². The monoisotopic (exact) mass is 564 g/mol. The van der Waals surface area contributed by atoms with Crippen molar-refractivity contribution in [2.75, 3.05) is 0 Å². The first-order valence-electron chi connectivity index (χ1n) is 8.83. The van der Waals surface area contributed by atoms with Crippen LogP contribution in [0.1, 0.15) is 36.5 Å². The molecule has 0 aliphatic heterocycles. The van der Waals surface area contributed by atoms with Gasteiger partial charge in [-0.05, 0) is 41.2 Å². The Labute approximate surface area is 182 Å². The molecule has 0 aliphatic carbocycles. The normalized spacial score (nSPS) is 10.9. The van der Waals surface area contributed by atoms with Crippen LogP contribution in [0.25, 0.3) is 32.1 Å². The van der Waals surface area contributed by atoms with Gasteiger partial charge in [0.15, 0.2) is 0 Å². The molecule has 4 nitrogen and oxygen atoms in total. The molecular formula is C22H19IrN4S-. The second-order valence-electron chi connectivity index (χ2n) is 6.98. The van der Waals surface area contributed by atoms with Gasteiger partial charge < -0.3 is 9.41 Å². The Kier molecular flexibility index (Phi) is 5.81. The van der Waals surface area contributed by atoms with Gasteiger partial charge in [-0.25, -0.2) is 0 Å². The van der Waals surface area contributed by atoms with Crippen molar-refractivity contribution in [3.8, 4) is 17.1 Å². The summed E-state index contributed by atoms with van der Waals surface area (Å²) in [4.78, 5) is 12.3. The average Bonchev–Trinajstić information content (AvgIpc) is 3.26. The molecule has 143 valence electrons. The van der Waals surface area contributed by atoms with Crippen LogP contribution in [-0.4, -0.2) is 14.5 Å². The van der Waals surface area contributed by atoms with Crippen LogP contribution in [0.2, 0.25) is 0 Å². The minimum atomic E-state index is 0. The first-order valence-corrected chi connectivity index (χ1v) is 9.64. The Morgan fingerprint density at radius 3 is 2.54 bits per heavy atom. The molecule has 2 aromatic heterocycles. The minimum Gasteiger partial charge on any atom is -0.352 e. The summed E-state index contributed by atoms with van der Waals surface area (Å²) in [6, 6.07) is 11.7. The number of aryl methyl sites for hydroxylation is 2. The number of thiazole rings is 1. The summed E-state index contributed by atoms with van der Waals surface area (Å²) in [7, 11) is 0. The first-order chi connectivity index (χ1) is 13.0. The standard InChI is InChI=1S/C22H19N4S.Ir/c1-13(2)17-10-14(3)20(15(4)11-17)26-9-8-24-21(26)16-6-7-18-19(12-16)27-22(23-5)25-18;/h7-13H,1-4H3;/q-1;. The number of imidazole rings is 1. The van der Waals surface area contributed by atoms with Gasteiger partial charge in [-0.3, -0.25) is 4.98 Å². The molecule has 0 atom stereocenters. The van der Waals surface area contributed by atoms with E-state index in [1.807, 2.05) is 24.5 Å². The fraction of sp³-hybridized carbons (Fsp3) is 0.227. The van der Waals surface area contributed by atoms with E-state index >= 15 is 0 Å². The largest absolute Gasteiger partial charge is 0.352 e. The minimum absolute atomic E-state index is 0. The van der Waals surface area contributed by atoms with Crippen LogP contribution >= 0.6 is 11.3 Å². The molecule has 2 heterocycles. The molecule has 0 amide bonds. The third-order valence-corrected chi connectivity index (χ3v) is 5.62. The summed E-state index contributed by atoms with van der Waals surface area (Å²) >= 11 is 1.40. The summed E-state index contributed by atoms with van der Waals surface area (Å²) in [5.74, 6) is 1.34. The SMILES string of the molecule is [C-]#[N+]c1nc2c[c-]c(-c3nccn3-c3c(C)cc(C(C)C)cc3C)cc2s1.[Ir]. The van der Waals surface area contributed by atoms with Crippen LogP contribution in [0, 0.1) is 26.5 Å². The molecule has 0 spiro atoms. The molecule has 0 saturated carbocycles. The van der Waals surface area contributed by atoms with E-state index in [0.717, 1.165) is 27.3 Å². The van der Waals surface area contributed by atoms with Crippen molar-refractivity contribution < 1.29 is 20.1 Å². The zero-order valence-corrected chi connectivity index (χ0v) is 19.3. The van der Waals surface area contributed by atoms with E-state index in [2.05, 4.69) is 65.3 Å². The molecule has 0 unspecified atom stereocenters. The van der Waals surface area contributed by atoms with Crippen LogP contribution in [-0.2, 0) is 20.1 Å². The van der Waals surface area contributed by atoms with E-state index in [1.165, 1.54) is 28.0 Å². The zero-order valence-electron chi connectivity index (χ0n) is 16.1. The van der Waals surface area contributed by atoms with Crippen LogP contribution < -0.4 is 0 Å². The van der Waals surface area contributed by atoms with E-state index in [9.17, 15) is 0 Å². The number of rotatable bonds is 3. The van der Waals surface area contributed by atoms with Gasteiger partial charge in [0.1, 0.15) is 0 Å². The maximum absolute atomic E-state index is 7.16. The predicted octanol–water partition coefficient (Wildman–Crippen LogP) is 6.24. The number of hydrogen-bond donors (Lipinski definition) is 0. The number of benzene rings is 2. The summed E-state index contributed by atoms with van der Waals surface area (Å²) < 4.78 is 3.11. The van der Waals surface area contributed by atoms with Gasteiger partial charge in [-0.2, -0.15) is 4.98 Å². The van der Waals surface area contributed by atoms with Crippen LogP contribution in [0.4, 0.5) is 5.13 Å². The molecule has 28 heavy (non-hydrogen) atoms. The fourth-order valence-corrected chi connectivity index (χ4v) is 4.19. The van der Waals surface area contributed by atoms with E-state index < -0.39 is 0 Å². The smallest absolute Gasteiger partial charge is 0.319 e. The number of hydrogen-bond acceptors (Lipinski definition) is 3. The average molecular weight is 564 g/mol. The Morgan fingerprint density at radius 1 is 1.18 bits per heavy atom. The van der Waals surface area contributed by atoms with Crippen molar-refractivity contribution in [1.29, 1.82) is 0 Å². The van der Waals surface area contributed by atoms with Crippen LogP contribution in [0.5, 0.6) is 0 Å². The van der Waals surface area contributed by atoms with E-state index in [4.69, 9.17) is 6.57 Å². The second-order valence-corrected chi connectivity index (χ2v) is 7.99. The molecule has 0 bridgehead atoms. The van der Waals surface area contributed by atoms with Gasteiger partial charge in [-0.15, -0.1) is 29.0 Å². The van der Waals surface area contributed by atoms with Gasteiger partial charge in [-0.1, -0.05) is 38.6 Å². The van der Waals surface area contributed by atoms with Crippen molar-refractivity contribution in [2.45, 2.75) is 33.6 Å². The maximum Gasteiger partial charge on any atom is 0.319 e. The van der Waals surface area contributed by atoms with Crippen molar-refractivity contribution >= 4 is 26.7 Å². The first kappa shape index (κ1) is 20.4. The molecule has 2 aromatic carbocycles. The Hall–Kier alpha value is -2.32. The Morgan fingerprint density at radius 2 is 1.89 bits per heavy atom. The molecule has 6 heteroatoms. The van der Waals surface area contributed by atoms with Crippen molar-refractivity contribution in [3.63, 3.8) is 0 Å². The molecule has 1 radical (unpaired) electrons. The number of nitrogens with zero attached hydrogens (tertiary/aromatic N) is 4. The van der Waals surface area contributed by atoms with Crippen molar-refractivity contribution in [3.05, 3.63) is 70.8 Å². The van der Waals surface area contributed by atoms with Crippen molar-refractivity contribution in [2.24, 2.45) is 0 Å². The predicted molar refractivity (Wildman–Crippen MR) is 111 cm³/mol. The third kappa shape index (κ3) is 3.54. The summed E-state index contributed by atoms with van der Waals surface area (Å²) in [6.07, 6.45) is 3.81.